The van der Waals surface area contributed by atoms with Crippen molar-refractivity contribution in [3.05, 3.63) is 36.4 Å². The molecule has 0 spiro atoms. The third kappa shape index (κ3) is 3.39. The van der Waals surface area contributed by atoms with Gasteiger partial charge in [0.05, 0.1) is 13.4 Å². The predicted octanol–water partition coefficient (Wildman–Crippen LogP) is 1.48. The van der Waals surface area contributed by atoms with Crippen molar-refractivity contribution in [3.63, 3.8) is 0 Å². The zero-order valence-corrected chi connectivity index (χ0v) is 13.1. The van der Waals surface area contributed by atoms with Crippen molar-refractivity contribution in [1.82, 2.24) is 14.9 Å². The van der Waals surface area contributed by atoms with Crippen LogP contribution in [0.5, 0.6) is 17.2 Å². The molecule has 3 rings (SSSR count). The van der Waals surface area contributed by atoms with Crippen molar-refractivity contribution < 1.29 is 19.0 Å². The number of carbonyl (C=O) groups excluding carboxylic acids is 1. The number of carbonyl (C=O) groups is 1. The van der Waals surface area contributed by atoms with Crippen molar-refractivity contribution in [2.75, 3.05) is 20.3 Å². The van der Waals surface area contributed by atoms with E-state index in [1.807, 2.05) is 17.7 Å². The van der Waals surface area contributed by atoms with Crippen molar-refractivity contribution >= 4 is 5.91 Å². The van der Waals surface area contributed by atoms with Gasteiger partial charge in [-0.25, -0.2) is 4.98 Å². The summed E-state index contributed by atoms with van der Waals surface area (Å²) in [5.41, 5.74) is 0.476. The molecule has 1 aromatic heterocycles. The Labute approximate surface area is 134 Å². The van der Waals surface area contributed by atoms with Gasteiger partial charge in [0.15, 0.2) is 11.5 Å². The van der Waals surface area contributed by atoms with Gasteiger partial charge in [-0.2, -0.15) is 0 Å². The standard InChI is InChI=1S/C16H19N3O4/c1-11(9-19-4-3-17-10-19)18-16(20)12-7-13(21-2)15-14(8-12)22-5-6-23-15/h3-4,7-8,10-11H,5-6,9H2,1-2H3,(H,18,20)/t11-/m0/s1. The van der Waals surface area contributed by atoms with E-state index in [2.05, 4.69) is 10.3 Å². The zero-order valence-electron chi connectivity index (χ0n) is 13.1. The number of aromatic nitrogens is 2. The molecule has 0 saturated heterocycles. The first kappa shape index (κ1) is 15.2. The minimum absolute atomic E-state index is 0.0455. The fourth-order valence-electron chi connectivity index (χ4n) is 2.47. The van der Waals surface area contributed by atoms with Gasteiger partial charge in [0.25, 0.3) is 5.91 Å². The van der Waals surface area contributed by atoms with Gasteiger partial charge in [-0.3, -0.25) is 4.79 Å². The van der Waals surface area contributed by atoms with Gasteiger partial charge in [0.1, 0.15) is 13.2 Å². The van der Waals surface area contributed by atoms with E-state index in [0.717, 1.165) is 0 Å². The molecule has 0 saturated carbocycles. The lowest BCUT2D eigenvalue weighted by Crippen LogP contribution is -2.35. The number of hydrogen-bond donors (Lipinski definition) is 1. The lowest BCUT2D eigenvalue weighted by molar-refractivity contribution is 0.0934. The lowest BCUT2D eigenvalue weighted by atomic mass is 10.1. The number of nitrogens with one attached hydrogen (secondary N) is 1. The molecule has 0 unspecified atom stereocenters. The van der Waals surface area contributed by atoms with Crippen LogP contribution in [0.15, 0.2) is 30.9 Å². The van der Waals surface area contributed by atoms with Crippen molar-refractivity contribution in [3.8, 4) is 17.2 Å². The summed E-state index contributed by atoms with van der Waals surface area (Å²) in [6, 6.07) is 3.29. The molecule has 23 heavy (non-hydrogen) atoms. The lowest BCUT2D eigenvalue weighted by Gasteiger charge is -2.22. The normalized spacial score (nSPS) is 14.2. The van der Waals surface area contributed by atoms with Crippen LogP contribution in [0, 0.1) is 0 Å². The highest BCUT2D eigenvalue weighted by molar-refractivity contribution is 5.95. The first-order chi connectivity index (χ1) is 11.2. The Kier molecular flexibility index (Phi) is 4.36. The van der Waals surface area contributed by atoms with Crippen LogP contribution in [-0.4, -0.2) is 41.8 Å². The Hall–Kier alpha value is -2.70. The Morgan fingerprint density at radius 3 is 3.00 bits per heavy atom. The van der Waals surface area contributed by atoms with Crippen molar-refractivity contribution in [1.29, 1.82) is 0 Å². The molecule has 0 bridgehead atoms. The number of imidazole rings is 1. The van der Waals surface area contributed by atoms with E-state index in [9.17, 15) is 4.79 Å². The molecule has 1 amide bonds. The fourth-order valence-corrected chi connectivity index (χ4v) is 2.47. The number of hydrogen-bond acceptors (Lipinski definition) is 5. The van der Waals surface area contributed by atoms with Gasteiger partial charge >= 0.3 is 0 Å². The monoisotopic (exact) mass is 317 g/mol. The number of benzene rings is 1. The van der Waals surface area contributed by atoms with E-state index in [4.69, 9.17) is 14.2 Å². The SMILES string of the molecule is COc1cc(C(=O)N[C@@H](C)Cn2ccnc2)cc2c1OCCO2. The summed E-state index contributed by atoms with van der Waals surface area (Å²) in [4.78, 5) is 16.4. The molecular weight excluding hydrogens is 298 g/mol. The molecule has 1 atom stereocenters. The van der Waals surface area contributed by atoms with Gasteiger partial charge in [0.2, 0.25) is 5.75 Å². The predicted molar refractivity (Wildman–Crippen MR) is 83.1 cm³/mol. The van der Waals surface area contributed by atoms with Crippen LogP contribution >= 0.6 is 0 Å². The second-order valence-electron chi connectivity index (χ2n) is 5.34. The van der Waals surface area contributed by atoms with Gasteiger partial charge in [-0.05, 0) is 19.1 Å². The first-order valence-corrected chi connectivity index (χ1v) is 7.41. The van der Waals surface area contributed by atoms with Crippen LogP contribution in [0.2, 0.25) is 0 Å². The first-order valence-electron chi connectivity index (χ1n) is 7.41. The number of amides is 1. The summed E-state index contributed by atoms with van der Waals surface area (Å²) in [5, 5.41) is 2.95. The average Bonchev–Trinajstić information content (AvgIpc) is 3.06. The summed E-state index contributed by atoms with van der Waals surface area (Å²) < 4.78 is 18.3. The van der Waals surface area contributed by atoms with Crippen LogP contribution in [0.3, 0.4) is 0 Å². The molecule has 1 aromatic carbocycles. The maximum Gasteiger partial charge on any atom is 0.251 e. The van der Waals surface area contributed by atoms with Gasteiger partial charge in [-0.1, -0.05) is 0 Å². The van der Waals surface area contributed by atoms with E-state index in [0.29, 0.717) is 42.6 Å². The maximum absolute atomic E-state index is 12.4. The number of methoxy groups -OCH3 is 1. The minimum atomic E-state index is -0.187. The van der Waals surface area contributed by atoms with Gasteiger partial charge in [-0.15, -0.1) is 0 Å². The Morgan fingerprint density at radius 2 is 2.26 bits per heavy atom. The summed E-state index contributed by atoms with van der Waals surface area (Å²) in [7, 11) is 1.54. The highest BCUT2D eigenvalue weighted by atomic mass is 16.6. The molecule has 2 aromatic rings. The van der Waals surface area contributed by atoms with Gasteiger partial charge in [0, 0.05) is 30.5 Å². The molecule has 1 N–H and O–H groups in total. The molecule has 0 radical (unpaired) electrons. The van der Waals surface area contributed by atoms with E-state index in [1.54, 1.807) is 24.7 Å². The smallest absolute Gasteiger partial charge is 0.251 e. The second-order valence-corrected chi connectivity index (χ2v) is 5.34. The molecular formula is C16H19N3O4. The quantitative estimate of drug-likeness (QED) is 0.904. The van der Waals surface area contributed by atoms with E-state index in [1.165, 1.54) is 7.11 Å². The number of rotatable bonds is 5. The highest BCUT2D eigenvalue weighted by Gasteiger charge is 2.21. The van der Waals surface area contributed by atoms with Crippen LogP contribution in [0.4, 0.5) is 0 Å². The van der Waals surface area contributed by atoms with E-state index in [-0.39, 0.29) is 11.9 Å². The van der Waals surface area contributed by atoms with Crippen molar-refractivity contribution in [2.24, 2.45) is 0 Å². The van der Waals surface area contributed by atoms with Crippen LogP contribution in [-0.2, 0) is 6.54 Å². The molecule has 1 aliphatic rings. The summed E-state index contributed by atoms with van der Waals surface area (Å²) in [6.07, 6.45) is 5.28. The largest absolute Gasteiger partial charge is 0.493 e. The van der Waals surface area contributed by atoms with E-state index >= 15 is 0 Å². The van der Waals surface area contributed by atoms with E-state index < -0.39 is 0 Å². The summed E-state index contributed by atoms with van der Waals surface area (Å²) in [6.45, 7) is 3.51. The highest BCUT2D eigenvalue weighted by Crippen LogP contribution is 2.40. The second kappa shape index (κ2) is 6.60. The molecule has 1 aliphatic heterocycles. The topological polar surface area (TPSA) is 74.6 Å². The summed E-state index contributed by atoms with van der Waals surface area (Å²) >= 11 is 0. The molecule has 2 heterocycles. The minimum Gasteiger partial charge on any atom is -0.493 e. The molecule has 7 heteroatoms. The Bertz CT molecular complexity index is 668. The maximum atomic E-state index is 12.4. The number of nitrogens with zero attached hydrogens (tertiary/aromatic N) is 2. The Morgan fingerprint density at radius 1 is 1.43 bits per heavy atom. The molecule has 122 valence electrons. The fraction of sp³-hybridized carbons (Fsp3) is 0.375. The molecule has 0 fully saturated rings. The van der Waals surface area contributed by atoms with Gasteiger partial charge < -0.3 is 24.1 Å². The van der Waals surface area contributed by atoms with Crippen molar-refractivity contribution in [2.45, 2.75) is 19.5 Å². The third-order valence-electron chi connectivity index (χ3n) is 3.51. The zero-order chi connectivity index (χ0) is 16.2. The Balaban J connectivity index is 1.74. The van der Waals surface area contributed by atoms with Crippen LogP contribution < -0.4 is 19.5 Å². The average molecular weight is 317 g/mol. The third-order valence-corrected chi connectivity index (χ3v) is 3.51. The number of ether oxygens (including phenoxy) is 3. The van der Waals surface area contributed by atoms with Crippen LogP contribution in [0.25, 0.3) is 0 Å². The number of fused-ring (bicyclic) bond motifs is 1. The molecule has 0 aliphatic carbocycles. The molecule has 7 nitrogen and oxygen atoms in total. The van der Waals surface area contributed by atoms with Crippen LogP contribution in [0.1, 0.15) is 17.3 Å². The summed E-state index contributed by atoms with van der Waals surface area (Å²) in [5.74, 6) is 1.38.